The van der Waals surface area contributed by atoms with Crippen molar-refractivity contribution in [2.45, 2.75) is 57.9 Å². The highest BCUT2D eigenvalue weighted by atomic mass is 16.7. The Hall–Kier alpha value is -0.240. The highest BCUT2D eigenvalue weighted by Crippen LogP contribution is 2.25. The van der Waals surface area contributed by atoms with E-state index in [4.69, 9.17) is 14.6 Å². The summed E-state index contributed by atoms with van der Waals surface area (Å²) in [5.41, 5.74) is -0.0706. The number of hydrogen-bond acceptors (Lipinski definition) is 6. The summed E-state index contributed by atoms with van der Waals surface area (Å²) in [6.45, 7) is 5.96. The fraction of sp³-hybridized carbons (Fsp3) is 1.00. The van der Waals surface area contributed by atoms with Crippen LogP contribution in [0, 0.1) is 5.41 Å². The van der Waals surface area contributed by atoms with Gasteiger partial charge in [-0.1, -0.05) is 20.8 Å². The lowest BCUT2D eigenvalue weighted by Gasteiger charge is -2.40. The van der Waals surface area contributed by atoms with E-state index in [9.17, 15) is 15.3 Å². The van der Waals surface area contributed by atoms with E-state index in [2.05, 4.69) is 0 Å². The van der Waals surface area contributed by atoms with E-state index >= 15 is 0 Å². The lowest BCUT2D eigenvalue weighted by atomic mass is 9.91. The summed E-state index contributed by atoms with van der Waals surface area (Å²) in [5.74, 6) is 0. The fourth-order valence-corrected chi connectivity index (χ4v) is 1.61. The number of hydrogen-bond donors (Lipinski definition) is 4. The van der Waals surface area contributed by atoms with Crippen LogP contribution in [-0.2, 0) is 9.47 Å². The molecular weight excluding hydrogens is 240 g/mol. The second-order valence-electron chi connectivity index (χ2n) is 5.53. The SMILES string of the molecule is CCC(C)(C)CO[C@H]1O[C@@H](CO)[C@H](O)[C@@H](O)[C@@H]1O. The minimum absolute atomic E-state index is 0.0706. The van der Waals surface area contributed by atoms with Crippen molar-refractivity contribution < 1.29 is 29.9 Å². The third-order valence-corrected chi connectivity index (χ3v) is 3.44. The van der Waals surface area contributed by atoms with E-state index in [1.165, 1.54) is 0 Å². The topological polar surface area (TPSA) is 99.4 Å². The minimum atomic E-state index is -1.38. The standard InChI is InChI=1S/C12H24O6/c1-4-12(2,3)6-17-11-10(16)9(15)8(14)7(5-13)18-11/h7-11,13-16H,4-6H2,1-3H3/t7-,8-,9+,10-,11-/m0/s1. The lowest BCUT2D eigenvalue weighted by molar-refractivity contribution is -0.305. The first kappa shape index (κ1) is 15.8. The lowest BCUT2D eigenvalue weighted by Crippen LogP contribution is -2.59. The molecule has 0 saturated carbocycles. The average molecular weight is 264 g/mol. The molecule has 0 radical (unpaired) electrons. The molecule has 6 heteroatoms. The van der Waals surface area contributed by atoms with Crippen molar-refractivity contribution in [2.75, 3.05) is 13.2 Å². The summed E-state index contributed by atoms with van der Waals surface area (Å²) in [5, 5.41) is 38.0. The van der Waals surface area contributed by atoms with Gasteiger partial charge in [0.25, 0.3) is 0 Å². The van der Waals surface area contributed by atoms with E-state index in [1.54, 1.807) is 0 Å². The maximum Gasteiger partial charge on any atom is 0.186 e. The van der Waals surface area contributed by atoms with Crippen LogP contribution in [0.15, 0.2) is 0 Å². The Morgan fingerprint density at radius 1 is 1.11 bits per heavy atom. The van der Waals surface area contributed by atoms with Gasteiger partial charge < -0.3 is 29.9 Å². The van der Waals surface area contributed by atoms with E-state index < -0.39 is 37.3 Å². The summed E-state index contributed by atoms with van der Waals surface area (Å²) in [4.78, 5) is 0. The minimum Gasteiger partial charge on any atom is -0.394 e. The maximum atomic E-state index is 9.75. The van der Waals surface area contributed by atoms with E-state index in [-0.39, 0.29) is 5.41 Å². The van der Waals surface area contributed by atoms with Gasteiger partial charge in [0.1, 0.15) is 24.4 Å². The molecule has 0 aromatic heterocycles. The molecule has 0 aromatic rings. The Labute approximate surface area is 107 Å². The first-order valence-corrected chi connectivity index (χ1v) is 6.24. The predicted octanol–water partition coefficient (Wildman–Crippen LogP) is -0.761. The molecule has 18 heavy (non-hydrogen) atoms. The van der Waals surface area contributed by atoms with Gasteiger partial charge in [0.15, 0.2) is 6.29 Å². The van der Waals surface area contributed by atoms with Gasteiger partial charge in [0, 0.05) is 0 Å². The monoisotopic (exact) mass is 264 g/mol. The predicted molar refractivity (Wildman–Crippen MR) is 63.8 cm³/mol. The highest BCUT2D eigenvalue weighted by Gasteiger charge is 2.44. The number of aliphatic hydroxyl groups is 4. The summed E-state index contributed by atoms with van der Waals surface area (Å²) in [6, 6.07) is 0. The zero-order chi connectivity index (χ0) is 13.9. The largest absolute Gasteiger partial charge is 0.394 e. The molecular formula is C12H24O6. The summed E-state index contributed by atoms with van der Waals surface area (Å²) >= 11 is 0. The van der Waals surface area contributed by atoms with Gasteiger partial charge in [-0.2, -0.15) is 0 Å². The van der Waals surface area contributed by atoms with Crippen molar-refractivity contribution in [3.8, 4) is 0 Å². The quantitative estimate of drug-likeness (QED) is 0.521. The first-order chi connectivity index (χ1) is 8.32. The van der Waals surface area contributed by atoms with Gasteiger partial charge >= 0.3 is 0 Å². The van der Waals surface area contributed by atoms with E-state index in [1.807, 2.05) is 20.8 Å². The van der Waals surface area contributed by atoms with E-state index in [0.717, 1.165) is 6.42 Å². The van der Waals surface area contributed by atoms with Gasteiger partial charge in [-0.05, 0) is 11.8 Å². The van der Waals surface area contributed by atoms with Gasteiger partial charge in [0.05, 0.1) is 13.2 Å². The molecule has 6 nitrogen and oxygen atoms in total. The Kier molecular flexibility index (Phi) is 5.51. The van der Waals surface area contributed by atoms with Crippen LogP contribution in [0.1, 0.15) is 27.2 Å². The summed E-state index contributed by atoms with van der Waals surface area (Å²) in [6.07, 6.45) is -5.11. The summed E-state index contributed by atoms with van der Waals surface area (Å²) in [7, 11) is 0. The Morgan fingerprint density at radius 3 is 2.22 bits per heavy atom. The van der Waals surface area contributed by atoms with Crippen LogP contribution < -0.4 is 0 Å². The molecule has 1 rings (SSSR count). The Bertz CT molecular complexity index is 255. The molecule has 0 unspecified atom stereocenters. The van der Waals surface area contributed by atoms with Gasteiger partial charge in [0.2, 0.25) is 0 Å². The average Bonchev–Trinajstić information content (AvgIpc) is 2.35. The normalized spacial score (nSPS) is 37.8. The number of ether oxygens (including phenoxy) is 2. The fourth-order valence-electron chi connectivity index (χ4n) is 1.61. The van der Waals surface area contributed by atoms with Crippen molar-refractivity contribution in [3.63, 3.8) is 0 Å². The van der Waals surface area contributed by atoms with Crippen LogP contribution in [0.3, 0.4) is 0 Å². The number of aliphatic hydroxyl groups excluding tert-OH is 4. The molecule has 1 heterocycles. The van der Waals surface area contributed by atoms with Crippen LogP contribution in [0.2, 0.25) is 0 Å². The Balaban J connectivity index is 2.59. The van der Waals surface area contributed by atoms with E-state index in [0.29, 0.717) is 6.61 Å². The van der Waals surface area contributed by atoms with Crippen LogP contribution in [0.4, 0.5) is 0 Å². The zero-order valence-electron chi connectivity index (χ0n) is 11.1. The molecule has 108 valence electrons. The molecule has 1 saturated heterocycles. The summed E-state index contributed by atoms with van der Waals surface area (Å²) < 4.78 is 10.7. The molecule has 1 aliphatic heterocycles. The third kappa shape index (κ3) is 3.63. The number of rotatable bonds is 5. The van der Waals surface area contributed by atoms with Crippen molar-refractivity contribution in [1.29, 1.82) is 0 Å². The van der Waals surface area contributed by atoms with Crippen molar-refractivity contribution in [3.05, 3.63) is 0 Å². The van der Waals surface area contributed by atoms with Crippen molar-refractivity contribution in [1.82, 2.24) is 0 Å². The molecule has 1 fully saturated rings. The van der Waals surface area contributed by atoms with Crippen LogP contribution in [-0.4, -0.2) is 64.3 Å². The molecule has 4 N–H and O–H groups in total. The second-order valence-corrected chi connectivity index (χ2v) is 5.53. The van der Waals surface area contributed by atoms with Gasteiger partial charge in [-0.15, -0.1) is 0 Å². The molecule has 0 amide bonds. The molecule has 5 atom stereocenters. The van der Waals surface area contributed by atoms with Crippen LogP contribution in [0.5, 0.6) is 0 Å². The third-order valence-electron chi connectivity index (χ3n) is 3.44. The van der Waals surface area contributed by atoms with Crippen LogP contribution >= 0.6 is 0 Å². The maximum absolute atomic E-state index is 9.75. The first-order valence-electron chi connectivity index (χ1n) is 6.24. The molecule has 0 spiro atoms. The van der Waals surface area contributed by atoms with Gasteiger partial charge in [-0.25, -0.2) is 0 Å². The van der Waals surface area contributed by atoms with Crippen molar-refractivity contribution in [2.24, 2.45) is 5.41 Å². The zero-order valence-corrected chi connectivity index (χ0v) is 11.1. The smallest absolute Gasteiger partial charge is 0.186 e. The molecule has 0 aliphatic carbocycles. The Morgan fingerprint density at radius 2 is 1.72 bits per heavy atom. The second kappa shape index (κ2) is 6.27. The van der Waals surface area contributed by atoms with Gasteiger partial charge in [-0.3, -0.25) is 0 Å². The molecule has 0 aromatic carbocycles. The molecule has 0 bridgehead atoms. The molecule has 1 aliphatic rings. The van der Waals surface area contributed by atoms with Crippen molar-refractivity contribution >= 4 is 0 Å². The van der Waals surface area contributed by atoms with Crippen LogP contribution in [0.25, 0.3) is 0 Å². The highest BCUT2D eigenvalue weighted by molar-refractivity contribution is 4.89.